The van der Waals surface area contributed by atoms with Gasteiger partial charge < -0.3 is 10.4 Å². The molecule has 1 atom stereocenters. The summed E-state index contributed by atoms with van der Waals surface area (Å²) in [5.41, 5.74) is 3.64. The van der Waals surface area contributed by atoms with Gasteiger partial charge in [-0.1, -0.05) is 28.8 Å². The maximum Gasteiger partial charge on any atom is 0.265 e. The third-order valence-corrected chi connectivity index (χ3v) is 4.97. The normalized spacial score (nSPS) is 12.1. The Bertz CT molecular complexity index is 782. The van der Waals surface area contributed by atoms with Crippen molar-refractivity contribution in [1.82, 2.24) is 14.9 Å². The summed E-state index contributed by atoms with van der Waals surface area (Å²) in [6, 6.07) is 9.76. The van der Waals surface area contributed by atoms with E-state index in [9.17, 15) is 9.90 Å². The molecule has 0 saturated heterocycles. The molecule has 1 aromatic carbocycles. The number of aryl methyl sites for hydroxylation is 1. The number of nitrogens with one attached hydrogen (secondary N) is 1. The van der Waals surface area contributed by atoms with Crippen LogP contribution >= 0.6 is 22.9 Å². The van der Waals surface area contributed by atoms with Crippen LogP contribution in [0.5, 0.6) is 0 Å². The van der Waals surface area contributed by atoms with E-state index in [1.54, 1.807) is 18.3 Å². The molecule has 3 aromatic rings. The van der Waals surface area contributed by atoms with E-state index in [2.05, 4.69) is 26.4 Å². The minimum absolute atomic E-state index is 0.147. The van der Waals surface area contributed by atoms with E-state index in [1.165, 1.54) is 0 Å². The van der Waals surface area contributed by atoms with Gasteiger partial charge in [-0.05, 0) is 52.0 Å². The number of benzene rings is 1. The Morgan fingerprint density at radius 2 is 2.04 bits per heavy atom. The number of aromatic nitrogens is 2. The van der Waals surface area contributed by atoms with E-state index >= 15 is 0 Å². The minimum Gasteiger partial charge on any atom is -0.387 e. The van der Waals surface area contributed by atoms with Gasteiger partial charge in [0.15, 0.2) is 0 Å². The van der Waals surface area contributed by atoms with Crippen LogP contribution in [0.1, 0.15) is 27.0 Å². The number of aliphatic hydroxyl groups is 1. The largest absolute Gasteiger partial charge is 0.387 e. The number of hydrogen-bond acceptors (Lipinski definition) is 6. The zero-order valence-corrected chi connectivity index (χ0v) is 14.0. The number of amides is 1. The van der Waals surface area contributed by atoms with Crippen molar-refractivity contribution >= 4 is 28.8 Å². The molecule has 0 aliphatic heterocycles. The molecule has 0 spiro atoms. The molecule has 7 heteroatoms. The molecular formula is C16H15N3O2S2. The maximum absolute atomic E-state index is 12.0. The second-order valence-corrected chi connectivity index (χ2v) is 6.58. The molecule has 3 rings (SSSR count). The van der Waals surface area contributed by atoms with Crippen LogP contribution in [0.3, 0.4) is 0 Å². The Hall–Kier alpha value is -2.09. The summed E-state index contributed by atoms with van der Waals surface area (Å²) in [7, 11) is 0. The molecule has 2 aromatic heterocycles. The van der Waals surface area contributed by atoms with Gasteiger partial charge in [0.25, 0.3) is 5.91 Å². The van der Waals surface area contributed by atoms with Crippen LogP contribution < -0.4 is 5.32 Å². The molecule has 1 amide bonds. The third kappa shape index (κ3) is 3.64. The van der Waals surface area contributed by atoms with Gasteiger partial charge in [-0.15, -0.1) is 5.10 Å². The fourth-order valence-corrected chi connectivity index (χ4v) is 3.39. The van der Waals surface area contributed by atoms with E-state index in [0.717, 1.165) is 28.2 Å². The minimum atomic E-state index is -0.753. The third-order valence-electron chi connectivity index (χ3n) is 3.46. The van der Waals surface area contributed by atoms with E-state index in [0.29, 0.717) is 10.6 Å². The Morgan fingerprint density at radius 1 is 1.26 bits per heavy atom. The first-order valence-electron chi connectivity index (χ1n) is 7.03. The molecule has 0 aliphatic carbocycles. The summed E-state index contributed by atoms with van der Waals surface area (Å²) < 4.78 is 3.73. The predicted octanol–water partition coefficient (Wildman–Crippen LogP) is 3.04. The lowest BCUT2D eigenvalue weighted by Gasteiger charge is -2.12. The van der Waals surface area contributed by atoms with Crippen LogP contribution in [0.4, 0.5) is 0 Å². The first-order chi connectivity index (χ1) is 11.1. The molecule has 5 nitrogen and oxygen atoms in total. The van der Waals surface area contributed by atoms with E-state index < -0.39 is 6.10 Å². The van der Waals surface area contributed by atoms with Gasteiger partial charge >= 0.3 is 0 Å². The van der Waals surface area contributed by atoms with Crippen LogP contribution in [0.15, 0.2) is 41.1 Å². The second-order valence-electron chi connectivity index (χ2n) is 5.05. The molecular weight excluding hydrogens is 330 g/mol. The molecule has 0 saturated carbocycles. The lowest BCUT2D eigenvalue weighted by molar-refractivity contribution is 0.0919. The van der Waals surface area contributed by atoms with Crippen molar-refractivity contribution in [1.29, 1.82) is 0 Å². The second kappa shape index (κ2) is 6.99. The monoisotopic (exact) mass is 345 g/mol. The Balaban J connectivity index is 1.61. The van der Waals surface area contributed by atoms with Gasteiger partial charge in [-0.25, -0.2) is 0 Å². The SMILES string of the molecule is Cc1nnsc1C(=O)NCC(O)c1ccc(-c2ccsc2)cc1. The summed E-state index contributed by atoms with van der Waals surface area (Å²) in [6.45, 7) is 1.88. The lowest BCUT2D eigenvalue weighted by Crippen LogP contribution is -2.28. The fraction of sp³-hybridized carbons (Fsp3) is 0.188. The first-order valence-corrected chi connectivity index (χ1v) is 8.74. The highest BCUT2D eigenvalue weighted by atomic mass is 32.1. The average molecular weight is 345 g/mol. The van der Waals surface area contributed by atoms with Crippen molar-refractivity contribution in [3.63, 3.8) is 0 Å². The zero-order chi connectivity index (χ0) is 16.2. The predicted molar refractivity (Wildman–Crippen MR) is 91.7 cm³/mol. The van der Waals surface area contributed by atoms with Crippen LogP contribution in [-0.2, 0) is 0 Å². The van der Waals surface area contributed by atoms with Crippen LogP contribution in [0.2, 0.25) is 0 Å². The number of nitrogens with zero attached hydrogens (tertiary/aromatic N) is 2. The van der Waals surface area contributed by atoms with Gasteiger partial charge in [-0.3, -0.25) is 4.79 Å². The molecule has 0 aliphatic rings. The Morgan fingerprint density at radius 3 is 2.65 bits per heavy atom. The molecule has 2 N–H and O–H groups in total. The van der Waals surface area contributed by atoms with Gasteiger partial charge in [0.1, 0.15) is 4.88 Å². The smallest absolute Gasteiger partial charge is 0.265 e. The highest BCUT2D eigenvalue weighted by Crippen LogP contribution is 2.24. The number of hydrogen-bond donors (Lipinski definition) is 2. The summed E-state index contributed by atoms with van der Waals surface area (Å²) in [5.74, 6) is -0.258. The van der Waals surface area contributed by atoms with E-state index in [1.807, 2.05) is 29.6 Å². The van der Waals surface area contributed by atoms with Crippen molar-refractivity contribution in [2.24, 2.45) is 0 Å². The number of carbonyl (C=O) groups is 1. The van der Waals surface area contributed by atoms with Gasteiger partial charge in [0, 0.05) is 6.54 Å². The molecule has 0 fully saturated rings. The number of carbonyl (C=O) groups excluding carboxylic acids is 1. The molecule has 0 radical (unpaired) electrons. The van der Waals surface area contributed by atoms with Crippen LogP contribution in [-0.4, -0.2) is 27.1 Å². The summed E-state index contributed by atoms with van der Waals surface area (Å²) in [5, 5.41) is 20.8. The molecule has 1 unspecified atom stereocenters. The average Bonchev–Trinajstić information content (AvgIpc) is 3.24. The van der Waals surface area contributed by atoms with E-state index in [-0.39, 0.29) is 12.5 Å². The van der Waals surface area contributed by atoms with Gasteiger partial charge in [0.05, 0.1) is 11.8 Å². The fourth-order valence-electron chi connectivity index (χ4n) is 2.15. The van der Waals surface area contributed by atoms with Crippen molar-refractivity contribution in [3.8, 4) is 11.1 Å². The lowest BCUT2D eigenvalue weighted by atomic mass is 10.0. The number of aliphatic hydroxyl groups excluding tert-OH is 1. The molecule has 2 heterocycles. The topological polar surface area (TPSA) is 75.1 Å². The first kappa shape index (κ1) is 15.8. The summed E-state index contributed by atoms with van der Waals surface area (Å²) in [6.07, 6.45) is -0.753. The summed E-state index contributed by atoms with van der Waals surface area (Å²) in [4.78, 5) is 12.5. The molecule has 118 valence electrons. The standard InChI is InChI=1S/C16H15N3O2S2/c1-10-15(23-19-18-10)16(21)17-8-14(20)12-4-2-11(3-5-12)13-6-7-22-9-13/h2-7,9,14,20H,8H2,1H3,(H,17,21). The zero-order valence-electron chi connectivity index (χ0n) is 12.4. The molecule has 23 heavy (non-hydrogen) atoms. The van der Waals surface area contributed by atoms with Crippen molar-refractivity contribution in [3.05, 3.63) is 57.2 Å². The van der Waals surface area contributed by atoms with Crippen molar-refractivity contribution < 1.29 is 9.90 Å². The Kier molecular flexibility index (Phi) is 4.80. The number of rotatable bonds is 5. The van der Waals surface area contributed by atoms with Crippen molar-refractivity contribution in [2.75, 3.05) is 6.54 Å². The van der Waals surface area contributed by atoms with Gasteiger partial charge in [0.2, 0.25) is 0 Å². The highest BCUT2D eigenvalue weighted by molar-refractivity contribution is 7.08. The Labute approximate surface area is 141 Å². The summed E-state index contributed by atoms with van der Waals surface area (Å²) >= 11 is 2.70. The van der Waals surface area contributed by atoms with E-state index in [4.69, 9.17) is 0 Å². The molecule has 0 bridgehead atoms. The van der Waals surface area contributed by atoms with Crippen molar-refractivity contribution in [2.45, 2.75) is 13.0 Å². The van der Waals surface area contributed by atoms with Gasteiger partial charge in [-0.2, -0.15) is 11.3 Å². The van der Waals surface area contributed by atoms with Crippen LogP contribution in [0, 0.1) is 6.92 Å². The maximum atomic E-state index is 12.0. The van der Waals surface area contributed by atoms with Crippen LogP contribution in [0.25, 0.3) is 11.1 Å². The highest BCUT2D eigenvalue weighted by Gasteiger charge is 2.15. The number of thiophene rings is 1. The quantitative estimate of drug-likeness (QED) is 0.745.